The van der Waals surface area contributed by atoms with Gasteiger partial charge in [-0.3, -0.25) is 0 Å². The zero-order chi connectivity index (χ0) is 19.2. The van der Waals surface area contributed by atoms with Gasteiger partial charge in [-0.15, -0.1) is 0 Å². The molecule has 9 nitrogen and oxygen atoms in total. The molecule has 0 spiro atoms. The second kappa shape index (κ2) is 13.3. The smallest absolute Gasteiger partial charge is 0.337 e. The summed E-state index contributed by atoms with van der Waals surface area (Å²) in [4.78, 5) is 11.2. The molecule has 0 aliphatic rings. The third kappa shape index (κ3) is 8.41. The number of aliphatic hydroxyl groups is 1. The SMILES string of the molecule is COCCOCOc1cc(OC(=O)CO)cc(F)c1OCOCCOC. The van der Waals surface area contributed by atoms with Crippen molar-refractivity contribution in [3.8, 4) is 17.2 Å². The van der Waals surface area contributed by atoms with Crippen molar-refractivity contribution in [2.24, 2.45) is 0 Å². The van der Waals surface area contributed by atoms with Gasteiger partial charge in [0.05, 0.1) is 26.4 Å². The van der Waals surface area contributed by atoms with Crippen molar-refractivity contribution in [1.29, 1.82) is 0 Å². The number of halogens is 1. The van der Waals surface area contributed by atoms with E-state index in [1.54, 1.807) is 0 Å². The normalized spacial score (nSPS) is 10.6. The fraction of sp³-hybridized carbons (Fsp3) is 0.562. The van der Waals surface area contributed by atoms with Gasteiger partial charge in [-0.1, -0.05) is 0 Å². The lowest BCUT2D eigenvalue weighted by Crippen LogP contribution is -2.14. The number of carbonyl (C=O) groups is 1. The van der Waals surface area contributed by atoms with Crippen LogP contribution in [0.15, 0.2) is 12.1 Å². The van der Waals surface area contributed by atoms with Crippen LogP contribution >= 0.6 is 0 Å². The van der Waals surface area contributed by atoms with Gasteiger partial charge in [-0.25, -0.2) is 9.18 Å². The second-order valence-electron chi connectivity index (χ2n) is 4.69. The molecule has 0 saturated carbocycles. The van der Waals surface area contributed by atoms with Gasteiger partial charge in [0.1, 0.15) is 12.4 Å². The van der Waals surface area contributed by atoms with Crippen molar-refractivity contribution in [3.63, 3.8) is 0 Å². The highest BCUT2D eigenvalue weighted by molar-refractivity contribution is 5.73. The summed E-state index contributed by atoms with van der Waals surface area (Å²) in [6.07, 6.45) is 0. The van der Waals surface area contributed by atoms with Crippen molar-refractivity contribution < 1.29 is 47.4 Å². The lowest BCUT2D eigenvalue weighted by Gasteiger charge is -2.15. The first kappa shape index (κ1) is 22.1. The van der Waals surface area contributed by atoms with Crippen LogP contribution < -0.4 is 14.2 Å². The molecule has 1 rings (SSSR count). The largest absolute Gasteiger partial charge is 0.463 e. The monoisotopic (exact) mass is 378 g/mol. The minimum Gasteiger partial charge on any atom is -0.463 e. The molecule has 0 atom stereocenters. The van der Waals surface area contributed by atoms with Crippen LogP contribution in [0.3, 0.4) is 0 Å². The van der Waals surface area contributed by atoms with Crippen LogP contribution in [0.5, 0.6) is 17.2 Å². The van der Waals surface area contributed by atoms with E-state index in [9.17, 15) is 9.18 Å². The third-order valence-corrected chi connectivity index (χ3v) is 2.79. The second-order valence-corrected chi connectivity index (χ2v) is 4.69. The first-order valence-corrected chi connectivity index (χ1v) is 7.66. The Morgan fingerprint density at radius 1 is 1.00 bits per heavy atom. The van der Waals surface area contributed by atoms with Crippen molar-refractivity contribution in [2.45, 2.75) is 0 Å². The molecular formula is C16H23FO9. The highest BCUT2D eigenvalue weighted by Crippen LogP contribution is 2.35. The van der Waals surface area contributed by atoms with Gasteiger partial charge in [0, 0.05) is 26.4 Å². The molecule has 0 unspecified atom stereocenters. The van der Waals surface area contributed by atoms with Gasteiger partial charge in [-0.2, -0.15) is 0 Å². The molecule has 1 aromatic carbocycles. The Balaban J connectivity index is 2.77. The fourth-order valence-corrected chi connectivity index (χ4v) is 1.62. The molecule has 0 heterocycles. The number of esters is 1. The lowest BCUT2D eigenvalue weighted by atomic mass is 10.3. The maximum absolute atomic E-state index is 14.3. The summed E-state index contributed by atoms with van der Waals surface area (Å²) in [5.74, 6) is -2.22. The number of benzene rings is 1. The van der Waals surface area contributed by atoms with E-state index in [0.717, 1.165) is 6.07 Å². The average Bonchev–Trinajstić information content (AvgIpc) is 2.63. The van der Waals surface area contributed by atoms with Crippen molar-refractivity contribution in [1.82, 2.24) is 0 Å². The third-order valence-electron chi connectivity index (χ3n) is 2.79. The van der Waals surface area contributed by atoms with E-state index in [1.165, 1.54) is 20.3 Å². The van der Waals surface area contributed by atoms with Crippen molar-refractivity contribution in [3.05, 3.63) is 17.9 Å². The summed E-state index contributed by atoms with van der Waals surface area (Å²) in [5, 5.41) is 8.72. The number of ether oxygens (including phenoxy) is 7. The van der Waals surface area contributed by atoms with Crippen LogP contribution in [0.25, 0.3) is 0 Å². The molecule has 1 N–H and O–H groups in total. The number of methoxy groups -OCH3 is 2. The van der Waals surface area contributed by atoms with E-state index in [0.29, 0.717) is 13.2 Å². The minimum atomic E-state index is -0.941. The van der Waals surface area contributed by atoms with Gasteiger partial charge >= 0.3 is 5.97 Å². The Kier molecular flexibility index (Phi) is 11.2. The fourth-order valence-electron chi connectivity index (χ4n) is 1.62. The van der Waals surface area contributed by atoms with Crippen LogP contribution in [-0.4, -0.2) is 71.9 Å². The maximum atomic E-state index is 14.3. The Bertz CT molecular complexity index is 539. The van der Waals surface area contributed by atoms with E-state index in [1.807, 2.05) is 0 Å². The van der Waals surface area contributed by atoms with Gasteiger partial charge in [0.25, 0.3) is 0 Å². The minimum absolute atomic E-state index is 0.0569. The zero-order valence-electron chi connectivity index (χ0n) is 14.7. The topological polar surface area (TPSA) is 102 Å². The van der Waals surface area contributed by atoms with Crippen LogP contribution in [0, 0.1) is 5.82 Å². The first-order chi connectivity index (χ1) is 12.6. The van der Waals surface area contributed by atoms with E-state index in [4.69, 9.17) is 38.3 Å². The van der Waals surface area contributed by atoms with E-state index < -0.39 is 18.4 Å². The molecule has 0 radical (unpaired) electrons. The van der Waals surface area contributed by atoms with Gasteiger partial charge < -0.3 is 38.3 Å². The molecule has 0 fully saturated rings. The van der Waals surface area contributed by atoms with Crippen LogP contribution in [-0.2, 0) is 23.7 Å². The molecule has 148 valence electrons. The molecule has 0 amide bonds. The molecule has 0 aromatic heterocycles. The number of hydrogen-bond donors (Lipinski definition) is 1. The summed E-state index contributed by atoms with van der Waals surface area (Å²) in [5.41, 5.74) is 0. The number of rotatable bonds is 14. The highest BCUT2D eigenvalue weighted by atomic mass is 19.1. The number of carbonyl (C=O) groups excluding carboxylic acids is 1. The Labute approximate surface area is 150 Å². The van der Waals surface area contributed by atoms with Crippen molar-refractivity contribution in [2.75, 3.05) is 60.8 Å². The van der Waals surface area contributed by atoms with Gasteiger partial charge in [-0.05, 0) is 0 Å². The molecule has 1 aromatic rings. The Hall–Kier alpha value is -1.98. The highest BCUT2D eigenvalue weighted by Gasteiger charge is 2.17. The molecule has 10 heteroatoms. The van der Waals surface area contributed by atoms with Crippen LogP contribution in [0.1, 0.15) is 0 Å². The summed E-state index contributed by atoms with van der Waals surface area (Å²) >= 11 is 0. The van der Waals surface area contributed by atoms with Gasteiger partial charge in [0.15, 0.2) is 30.9 Å². The molecule has 0 bridgehead atoms. The standard InChI is InChI=1S/C16H23FO9/c1-20-3-5-22-10-24-14-8-12(26-15(19)9-18)7-13(17)16(14)25-11-23-6-4-21-2/h7-8,18H,3-6,9-11H2,1-2H3. The zero-order valence-corrected chi connectivity index (χ0v) is 14.7. The average molecular weight is 378 g/mol. The van der Waals surface area contributed by atoms with Crippen LogP contribution in [0.4, 0.5) is 4.39 Å². The molecule has 0 aliphatic carbocycles. The van der Waals surface area contributed by atoms with E-state index in [-0.39, 0.29) is 44.0 Å². The first-order valence-electron chi connectivity index (χ1n) is 7.66. The molecular weight excluding hydrogens is 355 g/mol. The Morgan fingerprint density at radius 3 is 2.19 bits per heavy atom. The van der Waals surface area contributed by atoms with E-state index in [2.05, 4.69) is 0 Å². The number of aliphatic hydroxyl groups excluding tert-OH is 1. The summed E-state index contributed by atoms with van der Waals surface area (Å²) in [6.45, 7) is -0.0299. The predicted molar refractivity (Wildman–Crippen MR) is 85.8 cm³/mol. The van der Waals surface area contributed by atoms with Crippen LogP contribution in [0.2, 0.25) is 0 Å². The number of hydrogen-bond acceptors (Lipinski definition) is 9. The van der Waals surface area contributed by atoms with E-state index >= 15 is 0 Å². The predicted octanol–water partition coefficient (Wildman–Crippen LogP) is 0.722. The summed E-state index contributed by atoms with van der Waals surface area (Å²) in [6, 6.07) is 2.16. The maximum Gasteiger partial charge on any atom is 0.337 e. The molecule has 0 saturated heterocycles. The lowest BCUT2D eigenvalue weighted by molar-refractivity contribution is -0.137. The molecule has 26 heavy (non-hydrogen) atoms. The summed E-state index contributed by atoms with van der Waals surface area (Å²) in [7, 11) is 3.04. The quantitative estimate of drug-likeness (QED) is 0.217. The van der Waals surface area contributed by atoms with Crippen molar-refractivity contribution >= 4 is 5.97 Å². The molecule has 0 aliphatic heterocycles. The Morgan fingerprint density at radius 2 is 1.62 bits per heavy atom. The summed E-state index contributed by atoms with van der Waals surface area (Å²) < 4.78 is 49.5. The van der Waals surface area contributed by atoms with Gasteiger partial charge in [0.2, 0.25) is 0 Å².